The Bertz CT molecular complexity index is 1290. The van der Waals surface area contributed by atoms with Crippen LogP contribution in [0.3, 0.4) is 0 Å². The van der Waals surface area contributed by atoms with Crippen molar-refractivity contribution in [2.75, 3.05) is 5.43 Å². The quantitative estimate of drug-likeness (QED) is 0.311. The van der Waals surface area contributed by atoms with E-state index < -0.39 is 16.5 Å². The number of nitro groups is 1. The maximum atomic E-state index is 12.2. The van der Waals surface area contributed by atoms with Crippen LogP contribution in [0, 0.1) is 10.1 Å². The van der Waals surface area contributed by atoms with E-state index in [1.807, 2.05) is 6.07 Å². The smallest absolute Gasteiger partial charge is 0.374 e. The van der Waals surface area contributed by atoms with E-state index in [2.05, 4.69) is 46.7 Å². The number of amides is 1. The number of hydrazine groups is 1. The first-order valence-electron chi connectivity index (χ1n) is 8.72. The lowest BCUT2D eigenvalue weighted by molar-refractivity contribution is -0.385. The number of hydrogen-bond acceptors (Lipinski definition) is 9. The fourth-order valence-corrected chi connectivity index (χ4v) is 3.12. The Morgan fingerprint density at radius 2 is 1.87 bits per heavy atom. The Hall–Kier alpha value is -4.19. The minimum Gasteiger partial charge on any atom is -0.431 e. The molecule has 1 amide bonds. The third-order valence-electron chi connectivity index (χ3n) is 4.05. The molecule has 0 saturated heterocycles. The number of anilines is 1. The molecule has 0 radical (unpaired) electrons. The van der Waals surface area contributed by atoms with Crippen LogP contribution in [0.5, 0.6) is 11.6 Å². The Kier molecular flexibility index (Phi) is 5.62. The molecule has 0 aliphatic carbocycles. The molecular formula is C19H12BrN7O4. The largest absolute Gasteiger partial charge is 0.431 e. The normalized spacial score (nSPS) is 10.5. The van der Waals surface area contributed by atoms with Crippen molar-refractivity contribution >= 4 is 44.2 Å². The number of hydrogen-bond donors (Lipinski definition) is 2. The number of carbonyl (C=O) groups excluding carboxylic acids is 1. The van der Waals surface area contributed by atoms with Gasteiger partial charge in [0, 0.05) is 22.3 Å². The number of ether oxygens (including phenoxy) is 1. The summed E-state index contributed by atoms with van der Waals surface area (Å²) in [6.07, 6.45) is 4.10. The first-order chi connectivity index (χ1) is 15.0. The predicted molar refractivity (Wildman–Crippen MR) is 114 cm³/mol. The summed E-state index contributed by atoms with van der Waals surface area (Å²) < 4.78 is 6.52. The van der Waals surface area contributed by atoms with E-state index in [4.69, 9.17) is 4.74 Å². The second-order valence-electron chi connectivity index (χ2n) is 5.97. The standard InChI is InChI=1S/C19H12BrN7O4/c20-12-6-7-14(15-11(12)4-3-9-22-15)31-19-16(27(29)30)17(23-10-24-19)25-26-18(28)13-5-1-2-8-21-13/h1-10H,(H,26,28)(H,23,24,25). The van der Waals surface area contributed by atoms with Crippen molar-refractivity contribution in [3.8, 4) is 11.6 Å². The van der Waals surface area contributed by atoms with Crippen LogP contribution >= 0.6 is 15.9 Å². The molecular weight excluding hydrogens is 470 g/mol. The summed E-state index contributed by atoms with van der Waals surface area (Å²) in [6, 6.07) is 11.7. The molecule has 11 nitrogen and oxygen atoms in total. The molecule has 0 saturated carbocycles. The molecule has 31 heavy (non-hydrogen) atoms. The average molecular weight is 482 g/mol. The minimum absolute atomic E-state index is 0.121. The highest BCUT2D eigenvalue weighted by atomic mass is 79.9. The summed E-state index contributed by atoms with van der Waals surface area (Å²) in [5.41, 5.74) is 4.80. The van der Waals surface area contributed by atoms with E-state index in [1.54, 1.807) is 36.5 Å². The minimum atomic E-state index is -0.709. The van der Waals surface area contributed by atoms with Gasteiger partial charge in [-0.15, -0.1) is 0 Å². The van der Waals surface area contributed by atoms with E-state index in [1.165, 1.54) is 12.3 Å². The van der Waals surface area contributed by atoms with Crippen LogP contribution < -0.4 is 15.6 Å². The van der Waals surface area contributed by atoms with Crippen LogP contribution in [-0.4, -0.2) is 30.8 Å². The predicted octanol–water partition coefficient (Wildman–Crippen LogP) is 3.64. The van der Waals surface area contributed by atoms with Gasteiger partial charge in [-0.2, -0.15) is 4.98 Å². The maximum Gasteiger partial charge on any atom is 0.374 e. The summed E-state index contributed by atoms with van der Waals surface area (Å²) in [5.74, 6) is -0.902. The van der Waals surface area contributed by atoms with E-state index in [-0.39, 0.29) is 23.1 Å². The van der Waals surface area contributed by atoms with Gasteiger partial charge >= 0.3 is 11.6 Å². The molecule has 3 heterocycles. The van der Waals surface area contributed by atoms with Gasteiger partial charge in [-0.1, -0.05) is 28.1 Å². The summed E-state index contributed by atoms with van der Waals surface area (Å²) in [6.45, 7) is 0. The van der Waals surface area contributed by atoms with Crippen molar-refractivity contribution < 1.29 is 14.5 Å². The van der Waals surface area contributed by atoms with Crippen LogP contribution in [0.15, 0.2) is 65.7 Å². The number of benzene rings is 1. The summed E-state index contributed by atoms with van der Waals surface area (Å²) in [4.78, 5) is 39.1. The summed E-state index contributed by atoms with van der Waals surface area (Å²) in [7, 11) is 0. The first kappa shape index (κ1) is 20.1. The lowest BCUT2D eigenvalue weighted by Gasteiger charge is -2.11. The van der Waals surface area contributed by atoms with Gasteiger partial charge in [-0.25, -0.2) is 4.98 Å². The molecule has 0 unspecified atom stereocenters. The second kappa shape index (κ2) is 8.67. The molecule has 4 rings (SSSR count). The highest BCUT2D eigenvalue weighted by Crippen LogP contribution is 2.37. The Morgan fingerprint density at radius 3 is 2.65 bits per heavy atom. The third-order valence-corrected chi connectivity index (χ3v) is 4.74. The van der Waals surface area contributed by atoms with Crippen LogP contribution in [0.4, 0.5) is 11.5 Å². The van der Waals surface area contributed by atoms with Crippen molar-refractivity contribution in [3.63, 3.8) is 0 Å². The number of pyridine rings is 2. The van der Waals surface area contributed by atoms with Gasteiger partial charge in [0.1, 0.15) is 17.5 Å². The molecule has 0 fully saturated rings. The number of halogens is 1. The van der Waals surface area contributed by atoms with Crippen molar-refractivity contribution in [3.05, 3.63) is 81.5 Å². The van der Waals surface area contributed by atoms with Crippen molar-refractivity contribution in [2.24, 2.45) is 0 Å². The van der Waals surface area contributed by atoms with E-state index in [0.717, 1.165) is 16.2 Å². The monoisotopic (exact) mass is 481 g/mol. The molecule has 4 aromatic rings. The molecule has 3 aromatic heterocycles. The molecule has 154 valence electrons. The zero-order chi connectivity index (χ0) is 21.8. The highest BCUT2D eigenvalue weighted by Gasteiger charge is 2.26. The maximum absolute atomic E-state index is 12.2. The Labute approximate surface area is 182 Å². The SMILES string of the molecule is O=C(NNc1ncnc(Oc2ccc(Br)c3cccnc23)c1[N+](=O)[O-])c1ccccn1. The van der Waals surface area contributed by atoms with Crippen molar-refractivity contribution in [1.29, 1.82) is 0 Å². The van der Waals surface area contributed by atoms with Gasteiger partial charge in [-0.3, -0.25) is 35.7 Å². The van der Waals surface area contributed by atoms with Crippen LogP contribution in [0.1, 0.15) is 10.5 Å². The van der Waals surface area contributed by atoms with Gasteiger partial charge in [0.15, 0.2) is 5.75 Å². The topological polar surface area (TPSA) is 145 Å². The molecule has 12 heteroatoms. The number of carbonyl (C=O) groups is 1. The molecule has 1 aromatic carbocycles. The van der Waals surface area contributed by atoms with Crippen LogP contribution in [-0.2, 0) is 0 Å². The average Bonchev–Trinajstić information content (AvgIpc) is 2.80. The fourth-order valence-electron chi connectivity index (χ4n) is 2.67. The Morgan fingerprint density at radius 1 is 1.03 bits per heavy atom. The zero-order valence-corrected chi connectivity index (χ0v) is 17.1. The molecule has 0 spiro atoms. The van der Waals surface area contributed by atoms with Crippen LogP contribution in [0.25, 0.3) is 10.9 Å². The van der Waals surface area contributed by atoms with E-state index in [9.17, 15) is 14.9 Å². The Balaban J connectivity index is 1.65. The number of aromatic nitrogens is 4. The molecule has 0 aliphatic rings. The number of rotatable bonds is 6. The second-order valence-corrected chi connectivity index (χ2v) is 6.83. The van der Waals surface area contributed by atoms with Gasteiger partial charge in [-0.05, 0) is 30.3 Å². The molecule has 0 atom stereocenters. The highest BCUT2D eigenvalue weighted by molar-refractivity contribution is 9.10. The van der Waals surface area contributed by atoms with Gasteiger partial charge in [0.2, 0.25) is 5.82 Å². The molecule has 0 aliphatic heterocycles. The number of fused-ring (bicyclic) bond motifs is 1. The van der Waals surface area contributed by atoms with Gasteiger partial charge in [0.25, 0.3) is 5.91 Å². The lowest BCUT2D eigenvalue weighted by Crippen LogP contribution is -2.30. The first-order valence-corrected chi connectivity index (χ1v) is 9.52. The van der Waals surface area contributed by atoms with Crippen LogP contribution in [0.2, 0.25) is 0 Å². The van der Waals surface area contributed by atoms with Crippen molar-refractivity contribution in [2.45, 2.75) is 0 Å². The summed E-state index contributed by atoms with van der Waals surface area (Å²) >= 11 is 3.43. The summed E-state index contributed by atoms with van der Waals surface area (Å²) in [5, 5.41) is 12.5. The van der Waals surface area contributed by atoms with Crippen molar-refractivity contribution in [1.82, 2.24) is 25.4 Å². The van der Waals surface area contributed by atoms with Gasteiger partial charge < -0.3 is 4.74 Å². The lowest BCUT2D eigenvalue weighted by atomic mass is 10.2. The number of nitrogens with one attached hydrogen (secondary N) is 2. The molecule has 0 bridgehead atoms. The van der Waals surface area contributed by atoms with Gasteiger partial charge in [0.05, 0.1) is 4.92 Å². The zero-order valence-electron chi connectivity index (χ0n) is 15.5. The molecule has 2 N–H and O–H groups in total. The van der Waals surface area contributed by atoms with E-state index in [0.29, 0.717) is 5.52 Å². The third kappa shape index (κ3) is 4.23. The fraction of sp³-hybridized carbons (Fsp3) is 0. The number of nitrogens with zero attached hydrogens (tertiary/aromatic N) is 5. The van der Waals surface area contributed by atoms with E-state index >= 15 is 0 Å².